The fourth-order valence-corrected chi connectivity index (χ4v) is 5.82. The molecule has 0 unspecified atom stereocenters. The van der Waals surface area contributed by atoms with E-state index >= 15 is 0 Å². The number of hydrogen-bond donors (Lipinski definition) is 0. The van der Waals surface area contributed by atoms with Crippen LogP contribution in [-0.4, -0.2) is 70.8 Å². The monoisotopic (exact) mass is 372 g/mol. The van der Waals surface area contributed by atoms with Crippen LogP contribution in [0, 0.1) is 0 Å². The molecular weight excluding hydrogens is 352 g/mol. The van der Waals surface area contributed by atoms with Crippen molar-refractivity contribution in [2.24, 2.45) is 0 Å². The van der Waals surface area contributed by atoms with Crippen molar-refractivity contribution in [2.45, 2.75) is 18.6 Å². The fraction of sp³-hybridized carbons (Fsp3) is 0.389. The van der Waals surface area contributed by atoms with Crippen LogP contribution in [0.4, 0.5) is 0 Å². The molecule has 1 amide bonds. The minimum absolute atomic E-state index is 0.00889. The van der Waals surface area contributed by atoms with Crippen LogP contribution in [0.1, 0.15) is 16.2 Å². The van der Waals surface area contributed by atoms with Crippen molar-refractivity contribution < 1.29 is 13.2 Å². The zero-order valence-corrected chi connectivity index (χ0v) is 15.0. The smallest absolute Gasteiger partial charge is 0.272 e. The quantitative estimate of drug-likeness (QED) is 0.785. The third-order valence-corrected chi connectivity index (χ3v) is 6.73. The van der Waals surface area contributed by atoms with Gasteiger partial charge in [0.15, 0.2) is 9.84 Å². The van der Waals surface area contributed by atoms with E-state index in [0.29, 0.717) is 25.3 Å². The largest absolute Gasteiger partial charge is 0.330 e. The minimum Gasteiger partial charge on any atom is -0.330 e. The lowest BCUT2D eigenvalue weighted by molar-refractivity contribution is 0.0298. The first kappa shape index (κ1) is 17.1. The van der Waals surface area contributed by atoms with Gasteiger partial charge in [-0.25, -0.2) is 8.42 Å². The van der Waals surface area contributed by atoms with Crippen molar-refractivity contribution in [3.63, 3.8) is 0 Å². The summed E-state index contributed by atoms with van der Waals surface area (Å²) < 4.78 is 24.6. The van der Waals surface area contributed by atoms with E-state index in [1.807, 2.05) is 18.2 Å². The summed E-state index contributed by atoms with van der Waals surface area (Å²) in [5, 5.41) is 0. The van der Waals surface area contributed by atoms with Crippen molar-refractivity contribution in [1.82, 2.24) is 19.8 Å². The fourth-order valence-electron chi connectivity index (χ4n) is 3.81. The Hall–Kier alpha value is -2.32. The van der Waals surface area contributed by atoms with Crippen molar-refractivity contribution in [1.29, 1.82) is 0 Å². The van der Waals surface area contributed by atoms with Gasteiger partial charge in [-0.2, -0.15) is 0 Å². The zero-order chi connectivity index (χ0) is 18.1. The molecular formula is C18H20N4O3S. The molecule has 0 bridgehead atoms. The van der Waals surface area contributed by atoms with Crippen LogP contribution >= 0.6 is 0 Å². The van der Waals surface area contributed by atoms with Gasteiger partial charge in [0, 0.05) is 38.1 Å². The lowest BCUT2D eigenvalue weighted by Gasteiger charge is -2.43. The van der Waals surface area contributed by atoms with Gasteiger partial charge in [-0.15, -0.1) is 0 Å². The second-order valence-corrected chi connectivity index (χ2v) is 8.87. The van der Waals surface area contributed by atoms with Crippen molar-refractivity contribution in [3.05, 3.63) is 60.2 Å². The molecule has 7 nitrogen and oxygen atoms in total. The Morgan fingerprint density at radius 3 is 2.42 bits per heavy atom. The molecule has 0 spiro atoms. The number of sulfone groups is 1. The maximum Gasteiger partial charge on any atom is 0.272 e. The molecule has 0 saturated carbocycles. The predicted molar refractivity (Wildman–Crippen MR) is 96.2 cm³/mol. The molecule has 2 aliphatic rings. The maximum absolute atomic E-state index is 12.9. The second kappa shape index (κ2) is 6.77. The van der Waals surface area contributed by atoms with E-state index in [0.717, 1.165) is 5.69 Å². The lowest BCUT2D eigenvalue weighted by atomic mass is 10.0. The summed E-state index contributed by atoms with van der Waals surface area (Å²) in [5.74, 6) is -0.110. The Labute approximate surface area is 152 Å². The highest BCUT2D eigenvalue weighted by Crippen LogP contribution is 2.28. The number of carbonyl (C=O) groups excluding carboxylic acids is 1. The minimum atomic E-state index is -3.18. The Morgan fingerprint density at radius 1 is 1.00 bits per heavy atom. The number of carbonyl (C=O) groups is 1. The highest BCUT2D eigenvalue weighted by Gasteiger charge is 2.48. The Kier molecular flexibility index (Phi) is 4.46. The summed E-state index contributed by atoms with van der Waals surface area (Å²) >= 11 is 0. The number of rotatable bonds is 3. The standard InChI is InChI=1S/C18H20N4O3S/c23-18(15-6-2-4-8-20-15)22-10-9-21(11-14-5-1-3-7-19-14)16-12-26(24,25)13-17(16)22/h1-8,16-17H,9-13H2/t16-,17+/m0/s1. The molecule has 136 valence electrons. The van der Waals surface area contributed by atoms with E-state index in [9.17, 15) is 13.2 Å². The number of aromatic nitrogens is 2. The summed E-state index contributed by atoms with van der Waals surface area (Å²) in [4.78, 5) is 25.2. The first-order valence-electron chi connectivity index (χ1n) is 8.60. The Bertz CT molecular complexity index is 889. The maximum atomic E-state index is 12.9. The molecule has 2 aromatic rings. The molecule has 26 heavy (non-hydrogen) atoms. The van der Waals surface area contributed by atoms with Crippen LogP contribution in [0.5, 0.6) is 0 Å². The number of pyridine rings is 2. The van der Waals surface area contributed by atoms with Gasteiger partial charge in [0.25, 0.3) is 5.91 Å². The van der Waals surface area contributed by atoms with E-state index in [2.05, 4.69) is 14.9 Å². The summed E-state index contributed by atoms with van der Waals surface area (Å²) in [6.45, 7) is 1.69. The van der Waals surface area contributed by atoms with Crippen LogP contribution in [0.15, 0.2) is 48.8 Å². The van der Waals surface area contributed by atoms with E-state index in [1.54, 1.807) is 35.5 Å². The number of piperazine rings is 1. The Morgan fingerprint density at radius 2 is 1.73 bits per heavy atom. The van der Waals surface area contributed by atoms with Crippen LogP contribution in [0.2, 0.25) is 0 Å². The summed E-state index contributed by atoms with van der Waals surface area (Å²) in [5.41, 5.74) is 1.26. The first-order chi connectivity index (χ1) is 12.5. The molecule has 0 aromatic carbocycles. The first-order valence-corrected chi connectivity index (χ1v) is 10.4. The molecule has 2 aliphatic heterocycles. The van der Waals surface area contributed by atoms with Gasteiger partial charge in [-0.05, 0) is 24.3 Å². The molecule has 2 aromatic heterocycles. The molecule has 2 atom stereocenters. The second-order valence-electron chi connectivity index (χ2n) is 6.72. The SMILES string of the molecule is O=C(c1ccccn1)N1CCN(Cc2ccccn2)[C@H]2CS(=O)(=O)C[C@H]21. The van der Waals surface area contributed by atoms with E-state index in [-0.39, 0.29) is 29.5 Å². The van der Waals surface area contributed by atoms with Crippen molar-refractivity contribution in [2.75, 3.05) is 24.6 Å². The highest BCUT2D eigenvalue weighted by atomic mass is 32.2. The molecule has 0 aliphatic carbocycles. The number of nitrogens with zero attached hydrogens (tertiary/aromatic N) is 4. The third-order valence-electron chi connectivity index (χ3n) is 5.03. The van der Waals surface area contributed by atoms with Gasteiger partial charge >= 0.3 is 0 Å². The van der Waals surface area contributed by atoms with Crippen molar-refractivity contribution >= 4 is 15.7 Å². The average molecular weight is 372 g/mol. The average Bonchev–Trinajstić information content (AvgIpc) is 2.98. The van der Waals surface area contributed by atoms with Gasteiger partial charge in [-0.1, -0.05) is 12.1 Å². The van der Waals surface area contributed by atoms with Gasteiger partial charge < -0.3 is 4.90 Å². The van der Waals surface area contributed by atoms with Crippen LogP contribution in [0.25, 0.3) is 0 Å². The van der Waals surface area contributed by atoms with Crippen LogP contribution in [-0.2, 0) is 16.4 Å². The molecule has 4 rings (SSSR count). The topological polar surface area (TPSA) is 83.5 Å². The molecule has 2 fully saturated rings. The lowest BCUT2D eigenvalue weighted by Crippen LogP contribution is -2.60. The van der Waals surface area contributed by atoms with Crippen LogP contribution < -0.4 is 0 Å². The van der Waals surface area contributed by atoms with E-state index in [4.69, 9.17) is 0 Å². The summed E-state index contributed by atoms with van der Waals surface area (Å²) in [6.07, 6.45) is 3.31. The van der Waals surface area contributed by atoms with Crippen LogP contribution in [0.3, 0.4) is 0 Å². The van der Waals surface area contributed by atoms with Gasteiger partial charge in [0.1, 0.15) is 5.69 Å². The molecule has 0 N–H and O–H groups in total. The number of amides is 1. The molecule has 2 saturated heterocycles. The Balaban J connectivity index is 1.59. The number of fused-ring (bicyclic) bond motifs is 1. The normalized spacial score (nSPS) is 25.0. The summed E-state index contributed by atoms with van der Waals surface area (Å²) in [7, 11) is -3.18. The highest BCUT2D eigenvalue weighted by molar-refractivity contribution is 7.91. The van der Waals surface area contributed by atoms with Gasteiger partial charge in [0.05, 0.1) is 23.2 Å². The van der Waals surface area contributed by atoms with E-state index < -0.39 is 9.84 Å². The van der Waals surface area contributed by atoms with Crippen molar-refractivity contribution in [3.8, 4) is 0 Å². The van der Waals surface area contributed by atoms with E-state index in [1.165, 1.54) is 0 Å². The van der Waals surface area contributed by atoms with Gasteiger partial charge in [-0.3, -0.25) is 19.7 Å². The molecule has 0 radical (unpaired) electrons. The summed E-state index contributed by atoms with van der Waals surface area (Å²) in [6, 6.07) is 10.4. The third kappa shape index (κ3) is 3.34. The molecule has 4 heterocycles. The van der Waals surface area contributed by atoms with Gasteiger partial charge in [0.2, 0.25) is 0 Å². The molecule has 8 heteroatoms. The number of hydrogen-bond acceptors (Lipinski definition) is 6. The predicted octanol–water partition coefficient (Wildman–Crippen LogP) is 0.600. The zero-order valence-electron chi connectivity index (χ0n) is 14.2.